The molecular weight excluding hydrogens is 219 g/mol. The molecule has 0 saturated carbocycles. The van der Waals surface area contributed by atoms with E-state index in [9.17, 15) is 13.2 Å². The summed E-state index contributed by atoms with van der Waals surface area (Å²) >= 11 is 0. The number of halogens is 3. The van der Waals surface area contributed by atoms with E-state index in [1.165, 1.54) is 0 Å². The van der Waals surface area contributed by atoms with E-state index in [-0.39, 0.29) is 6.42 Å². The molecule has 0 aliphatic carbocycles. The number of benzene rings is 1. The van der Waals surface area contributed by atoms with Crippen molar-refractivity contribution in [3.8, 4) is 0 Å². The van der Waals surface area contributed by atoms with Gasteiger partial charge in [0.25, 0.3) is 0 Å². The first kappa shape index (κ1) is 10.9. The zero-order valence-electron chi connectivity index (χ0n) is 8.25. The Kier molecular flexibility index (Phi) is 2.59. The fraction of sp³-hybridized carbons (Fsp3) is 0.300. The van der Waals surface area contributed by atoms with Crippen molar-refractivity contribution in [3.05, 3.63) is 30.0 Å². The van der Waals surface area contributed by atoms with Gasteiger partial charge in [-0.2, -0.15) is 18.3 Å². The molecule has 0 aliphatic rings. The molecule has 1 aromatic carbocycles. The molecule has 0 saturated heterocycles. The number of nitrogens with one attached hydrogen (secondary N) is 1. The Bertz CT molecular complexity index is 489. The fourth-order valence-corrected chi connectivity index (χ4v) is 1.55. The van der Waals surface area contributed by atoms with Crippen molar-refractivity contribution in [3.63, 3.8) is 0 Å². The zero-order chi connectivity index (χ0) is 11.8. The van der Waals surface area contributed by atoms with Gasteiger partial charge >= 0.3 is 6.18 Å². The van der Waals surface area contributed by atoms with Gasteiger partial charge in [0, 0.05) is 5.39 Å². The molecule has 0 fully saturated rings. The molecule has 6 heteroatoms. The van der Waals surface area contributed by atoms with Crippen molar-refractivity contribution in [1.29, 1.82) is 0 Å². The number of hydrogen-bond donors (Lipinski definition) is 2. The normalized spacial score (nSPS) is 14.2. The number of nitrogens with zero attached hydrogens (tertiary/aromatic N) is 1. The van der Waals surface area contributed by atoms with Crippen LogP contribution in [-0.4, -0.2) is 22.4 Å². The monoisotopic (exact) mass is 229 g/mol. The van der Waals surface area contributed by atoms with Gasteiger partial charge in [-0.25, -0.2) is 0 Å². The van der Waals surface area contributed by atoms with Gasteiger partial charge in [0.15, 0.2) is 0 Å². The third-order valence-corrected chi connectivity index (χ3v) is 2.42. The van der Waals surface area contributed by atoms with Crippen LogP contribution in [0.25, 0.3) is 10.9 Å². The largest absolute Gasteiger partial charge is 0.403 e. The summed E-state index contributed by atoms with van der Waals surface area (Å²) in [7, 11) is 0. The van der Waals surface area contributed by atoms with Crippen molar-refractivity contribution in [2.45, 2.75) is 18.6 Å². The van der Waals surface area contributed by atoms with Crippen molar-refractivity contribution >= 4 is 10.9 Å². The van der Waals surface area contributed by atoms with Crippen LogP contribution in [0, 0.1) is 0 Å². The number of hydrogen-bond acceptors (Lipinski definition) is 2. The summed E-state index contributed by atoms with van der Waals surface area (Å²) in [6.45, 7) is 0. The molecule has 0 spiro atoms. The van der Waals surface area contributed by atoms with Crippen LogP contribution in [0.2, 0.25) is 0 Å². The van der Waals surface area contributed by atoms with Crippen molar-refractivity contribution < 1.29 is 13.2 Å². The quantitative estimate of drug-likeness (QED) is 0.827. The van der Waals surface area contributed by atoms with Gasteiger partial charge in [-0.3, -0.25) is 5.10 Å². The number of H-pyrrole nitrogens is 1. The summed E-state index contributed by atoms with van der Waals surface area (Å²) in [6.07, 6.45) is -3.05. The second kappa shape index (κ2) is 3.79. The topological polar surface area (TPSA) is 54.7 Å². The maximum atomic E-state index is 12.3. The minimum Gasteiger partial charge on any atom is -0.320 e. The van der Waals surface area contributed by atoms with E-state index in [2.05, 4.69) is 10.2 Å². The Morgan fingerprint density at radius 1 is 1.38 bits per heavy atom. The first-order valence-electron chi connectivity index (χ1n) is 4.72. The van der Waals surface area contributed by atoms with Crippen LogP contribution >= 0.6 is 0 Å². The van der Waals surface area contributed by atoms with Gasteiger partial charge in [0.05, 0.1) is 11.7 Å². The number of aromatic nitrogens is 2. The lowest BCUT2D eigenvalue weighted by molar-refractivity contribution is -0.147. The van der Waals surface area contributed by atoms with Gasteiger partial charge < -0.3 is 5.73 Å². The van der Waals surface area contributed by atoms with Gasteiger partial charge in [-0.1, -0.05) is 18.2 Å². The van der Waals surface area contributed by atoms with Crippen LogP contribution in [0.4, 0.5) is 13.2 Å². The van der Waals surface area contributed by atoms with Crippen LogP contribution in [0.15, 0.2) is 24.4 Å². The average molecular weight is 229 g/mol. The molecule has 2 rings (SSSR count). The molecule has 16 heavy (non-hydrogen) atoms. The predicted octanol–water partition coefficient (Wildman–Crippen LogP) is 2.00. The summed E-state index contributed by atoms with van der Waals surface area (Å²) in [6, 6.07) is 3.24. The molecule has 1 heterocycles. The van der Waals surface area contributed by atoms with E-state index < -0.39 is 12.2 Å². The Morgan fingerprint density at radius 3 is 2.81 bits per heavy atom. The minimum atomic E-state index is -4.37. The van der Waals surface area contributed by atoms with Crippen LogP contribution in [0.1, 0.15) is 5.56 Å². The van der Waals surface area contributed by atoms with E-state index in [1.807, 2.05) is 0 Å². The highest BCUT2D eigenvalue weighted by molar-refractivity contribution is 5.81. The lowest BCUT2D eigenvalue weighted by Crippen LogP contribution is -2.39. The number of alkyl halides is 3. The number of fused-ring (bicyclic) bond motifs is 1. The summed E-state index contributed by atoms with van der Waals surface area (Å²) < 4.78 is 36.9. The molecule has 1 unspecified atom stereocenters. The van der Waals surface area contributed by atoms with Gasteiger partial charge in [0.2, 0.25) is 0 Å². The molecule has 1 atom stereocenters. The predicted molar refractivity (Wildman–Crippen MR) is 53.8 cm³/mol. The molecule has 0 bridgehead atoms. The van der Waals surface area contributed by atoms with E-state index in [0.29, 0.717) is 11.1 Å². The Morgan fingerprint density at radius 2 is 2.12 bits per heavy atom. The molecule has 0 amide bonds. The van der Waals surface area contributed by atoms with Crippen LogP contribution in [0.3, 0.4) is 0 Å². The van der Waals surface area contributed by atoms with Crippen LogP contribution in [0.5, 0.6) is 0 Å². The molecule has 1 aromatic heterocycles. The fourth-order valence-electron chi connectivity index (χ4n) is 1.55. The summed E-state index contributed by atoms with van der Waals surface area (Å²) in [5.41, 5.74) is 6.22. The number of aromatic amines is 1. The highest BCUT2D eigenvalue weighted by Gasteiger charge is 2.36. The first-order chi connectivity index (χ1) is 7.48. The number of nitrogens with two attached hydrogens (primary N) is 1. The molecular formula is C10H10F3N3. The van der Waals surface area contributed by atoms with E-state index in [4.69, 9.17) is 5.73 Å². The van der Waals surface area contributed by atoms with Gasteiger partial charge in [-0.15, -0.1) is 0 Å². The van der Waals surface area contributed by atoms with Crippen LogP contribution < -0.4 is 5.73 Å². The van der Waals surface area contributed by atoms with Crippen LogP contribution in [-0.2, 0) is 6.42 Å². The van der Waals surface area contributed by atoms with Crippen molar-refractivity contribution in [2.75, 3.05) is 0 Å². The Labute approximate surface area is 89.4 Å². The maximum Gasteiger partial charge on any atom is 0.403 e. The number of para-hydroxylation sites is 1. The molecule has 0 radical (unpaired) electrons. The summed E-state index contributed by atoms with van der Waals surface area (Å²) in [5, 5.41) is 7.24. The SMILES string of the molecule is NC(Cc1cccc2cn[nH]c12)C(F)(F)F. The Hall–Kier alpha value is -1.56. The van der Waals surface area contributed by atoms with Gasteiger partial charge in [0.1, 0.15) is 6.04 Å². The summed E-state index contributed by atoms with van der Waals surface area (Å²) in [5.74, 6) is 0. The maximum absolute atomic E-state index is 12.3. The molecule has 86 valence electrons. The first-order valence-corrected chi connectivity index (χ1v) is 4.72. The van der Waals surface area contributed by atoms with E-state index in [0.717, 1.165) is 5.39 Å². The second-order valence-electron chi connectivity index (χ2n) is 3.60. The van der Waals surface area contributed by atoms with Crippen molar-refractivity contribution in [1.82, 2.24) is 10.2 Å². The summed E-state index contributed by atoms with van der Waals surface area (Å²) in [4.78, 5) is 0. The lowest BCUT2D eigenvalue weighted by atomic mass is 10.0. The Balaban J connectivity index is 2.31. The van der Waals surface area contributed by atoms with Crippen molar-refractivity contribution in [2.24, 2.45) is 5.73 Å². The number of rotatable bonds is 2. The smallest absolute Gasteiger partial charge is 0.320 e. The molecule has 0 aliphatic heterocycles. The minimum absolute atomic E-state index is 0.247. The highest BCUT2D eigenvalue weighted by Crippen LogP contribution is 2.24. The molecule has 3 nitrogen and oxygen atoms in total. The third kappa shape index (κ3) is 2.01. The van der Waals surface area contributed by atoms with E-state index in [1.54, 1.807) is 24.4 Å². The molecule has 2 aromatic rings. The zero-order valence-corrected chi connectivity index (χ0v) is 8.25. The van der Waals surface area contributed by atoms with Gasteiger partial charge in [-0.05, 0) is 12.0 Å². The van der Waals surface area contributed by atoms with E-state index >= 15 is 0 Å². The average Bonchev–Trinajstić information content (AvgIpc) is 2.65. The highest BCUT2D eigenvalue weighted by atomic mass is 19.4. The molecule has 3 N–H and O–H groups in total. The third-order valence-electron chi connectivity index (χ3n) is 2.42. The lowest BCUT2D eigenvalue weighted by Gasteiger charge is -2.15. The standard InChI is InChI=1S/C10H10F3N3/c11-10(12,13)8(14)4-6-2-1-3-7-5-15-16-9(6)7/h1-3,5,8H,4,14H2,(H,15,16). The second-order valence-corrected chi connectivity index (χ2v) is 3.60.